The third-order valence-corrected chi connectivity index (χ3v) is 3.35. The molecule has 1 heterocycles. The zero-order chi connectivity index (χ0) is 11.0. The molecule has 0 atom stereocenters. The summed E-state index contributed by atoms with van der Waals surface area (Å²) in [4.78, 5) is 2.43. The molecule has 1 saturated heterocycles. The zero-order valence-electron chi connectivity index (χ0n) is 10.7. The molecule has 0 amide bonds. The SMILES string of the molecule is CC.CCC1(CNC)CCN(C)CC1. The van der Waals surface area contributed by atoms with Gasteiger partial charge in [-0.2, -0.15) is 0 Å². The van der Waals surface area contributed by atoms with Gasteiger partial charge in [0.1, 0.15) is 0 Å². The molecular weight excluding hydrogens is 172 g/mol. The molecular formula is C12H28N2. The van der Waals surface area contributed by atoms with Gasteiger partial charge in [0, 0.05) is 6.54 Å². The largest absolute Gasteiger partial charge is 0.319 e. The van der Waals surface area contributed by atoms with Gasteiger partial charge in [-0.1, -0.05) is 20.8 Å². The summed E-state index contributed by atoms with van der Waals surface area (Å²) in [6, 6.07) is 0. The van der Waals surface area contributed by atoms with Crippen LogP contribution in [0.1, 0.15) is 40.0 Å². The molecule has 0 unspecified atom stereocenters. The Kier molecular flexibility index (Phi) is 7.20. The Hall–Kier alpha value is -0.0800. The third-order valence-electron chi connectivity index (χ3n) is 3.35. The quantitative estimate of drug-likeness (QED) is 0.752. The van der Waals surface area contributed by atoms with Gasteiger partial charge in [0.2, 0.25) is 0 Å². The number of nitrogens with zero attached hydrogens (tertiary/aromatic N) is 1. The lowest BCUT2D eigenvalue weighted by Gasteiger charge is -2.40. The fourth-order valence-electron chi connectivity index (χ4n) is 2.12. The minimum atomic E-state index is 0.598. The summed E-state index contributed by atoms with van der Waals surface area (Å²) in [7, 11) is 4.29. The summed E-state index contributed by atoms with van der Waals surface area (Å²) in [6.07, 6.45) is 4.04. The average molecular weight is 200 g/mol. The van der Waals surface area contributed by atoms with Crippen LogP contribution in [-0.4, -0.2) is 38.6 Å². The minimum Gasteiger partial charge on any atom is -0.319 e. The molecule has 1 N–H and O–H groups in total. The maximum atomic E-state index is 3.33. The second-order valence-corrected chi connectivity index (χ2v) is 4.19. The monoisotopic (exact) mass is 200 g/mol. The second-order valence-electron chi connectivity index (χ2n) is 4.19. The number of nitrogens with one attached hydrogen (secondary N) is 1. The maximum absolute atomic E-state index is 3.33. The first-order valence-corrected chi connectivity index (χ1v) is 6.05. The van der Waals surface area contributed by atoms with Gasteiger partial charge < -0.3 is 10.2 Å². The van der Waals surface area contributed by atoms with Gasteiger partial charge in [0.25, 0.3) is 0 Å². The summed E-state index contributed by atoms with van der Waals surface area (Å²) in [6.45, 7) is 10.1. The van der Waals surface area contributed by atoms with E-state index >= 15 is 0 Å². The van der Waals surface area contributed by atoms with Gasteiger partial charge >= 0.3 is 0 Å². The Morgan fingerprint density at radius 3 is 2.07 bits per heavy atom. The van der Waals surface area contributed by atoms with Crippen LogP contribution in [0.3, 0.4) is 0 Å². The minimum absolute atomic E-state index is 0.598. The molecule has 0 bridgehead atoms. The predicted molar refractivity (Wildman–Crippen MR) is 64.7 cm³/mol. The van der Waals surface area contributed by atoms with Crippen molar-refractivity contribution in [2.45, 2.75) is 40.0 Å². The molecule has 0 aliphatic carbocycles. The van der Waals surface area contributed by atoms with E-state index in [4.69, 9.17) is 0 Å². The molecule has 2 heteroatoms. The summed E-state index contributed by atoms with van der Waals surface area (Å²) in [5, 5.41) is 3.33. The molecule has 1 fully saturated rings. The van der Waals surface area contributed by atoms with Crippen molar-refractivity contribution in [3.8, 4) is 0 Å². The van der Waals surface area contributed by atoms with Crippen molar-refractivity contribution in [2.75, 3.05) is 33.7 Å². The first-order valence-electron chi connectivity index (χ1n) is 6.05. The normalized spacial score (nSPS) is 21.2. The van der Waals surface area contributed by atoms with Gasteiger partial charge in [0.15, 0.2) is 0 Å². The molecule has 86 valence electrons. The average Bonchev–Trinajstić information content (AvgIpc) is 2.25. The Morgan fingerprint density at radius 1 is 1.21 bits per heavy atom. The van der Waals surface area contributed by atoms with Crippen LogP contribution in [0.5, 0.6) is 0 Å². The first-order chi connectivity index (χ1) is 6.72. The van der Waals surface area contributed by atoms with E-state index in [0.29, 0.717) is 5.41 Å². The molecule has 0 spiro atoms. The number of hydrogen-bond donors (Lipinski definition) is 1. The highest BCUT2D eigenvalue weighted by atomic mass is 15.1. The van der Waals surface area contributed by atoms with E-state index in [2.05, 4.69) is 31.2 Å². The number of likely N-dealkylation sites (tertiary alicyclic amines) is 1. The lowest BCUT2D eigenvalue weighted by Crippen LogP contribution is -2.42. The molecule has 0 aromatic heterocycles. The summed E-state index contributed by atoms with van der Waals surface area (Å²) >= 11 is 0. The van der Waals surface area contributed by atoms with Crippen LogP contribution in [0.15, 0.2) is 0 Å². The lowest BCUT2D eigenvalue weighted by atomic mass is 9.76. The van der Waals surface area contributed by atoms with Crippen LogP contribution in [-0.2, 0) is 0 Å². The van der Waals surface area contributed by atoms with Gasteiger partial charge in [-0.15, -0.1) is 0 Å². The van der Waals surface area contributed by atoms with Crippen LogP contribution >= 0.6 is 0 Å². The number of rotatable bonds is 3. The number of hydrogen-bond acceptors (Lipinski definition) is 2. The fourth-order valence-corrected chi connectivity index (χ4v) is 2.12. The van der Waals surface area contributed by atoms with E-state index in [-0.39, 0.29) is 0 Å². The smallest absolute Gasteiger partial charge is 0.000566 e. The van der Waals surface area contributed by atoms with Crippen molar-refractivity contribution >= 4 is 0 Å². The third kappa shape index (κ3) is 3.97. The molecule has 1 aliphatic heterocycles. The van der Waals surface area contributed by atoms with Gasteiger partial charge in [-0.05, 0) is 51.9 Å². The Morgan fingerprint density at radius 2 is 1.71 bits per heavy atom. The zero-order valence-corrected chi connectivity index (χ0v) is 10.7. The lowest BCUT2D eigenvalue weighted by molar-refractivity contribution is 0.117. The molecule has 1 aliphatic rings. The molecule has 0 radical (unpaired) electrons. The van der Waals surface area contributed by atoms with E-state index in [1.807, 2.05) is 13.8 Å². The summed E-state index contributed by atoms with van der Waals surface area (Å²) in [5.41, 5.74) is 0.598. The highest BCUT2D eigenvalue weighted by Gasteiger charge is 2.30. The van der Waals surface area contributed by atoms with E-state index in [0.717, 1.165) is 0 Å². The summed E-state index contributed by atoms with van der Waals surface area (Å²) < 4.78 is 0. The van der Waals surface area contributed by atoms with Crippen molar-refractivity contribution in [3.05, 3.63) is 0 Å². The van der Waals surface area contributed by atoms with Crippen LogP contribution in [0, 0.1) is 5.41 Å². The molecule has 0 aromatic rings. The molecule has 0 saturated carbocycles. The molecule has 0 aromatic carbocycles. The standard InChI is InChI=1S/C10H22N2.C2H6/c1-4-10(9-11-2)5-7-12(3)8-6-10;1-2/h11H,4-9H2,1-3H3;1-2H3. The maximum Gasteiger partial charge on any atom is 0.000566 e. The Labute approximate surface area is 90.1 Å². The van der Waals surface area contributed by atoms with Crippen LogP contribution in [0.2, 0.25) is 0 Å². The predicted octanol–water partition coefficient (Wildman–Crippen LogP) is 2.35. The van der Waals surface area contributed by atoms with Crippen molar-refractivity contribution in [2.24, 2.45) is 5.41 Å². The van der Waals surface area contributed by atoms with Gasteiger partial charge in [-0.25, -0.2) is 0 Å². The summed E-state index contributed by atoms with van der Waals surface area (Å²) in [5.74, 6) is 0. The van der Waals surface area contributed by atoms with Crippen molar-refractivity contribution in [1.82, 2.24) is 10.2 Å². The van der Waals surface area contributed by atoms with Crippen LogP contribution in [0.25, 0.3) is 0 Å². The topological polar surface area (TPSA) is 15.3 Å². The Balaban J connectivity index is 0.000000791. The Bertz CT molecular complexity index is 126. The van der Waals surface area contributed by atoms with E-state index < -0.39 is 0 Å². The number of piperidine rings is 1. The van der Waals surface area contributed by atoms with E-state index in [9.17, 15) is 0 Å². The van der Waals surface area contributed by atoms with Gasteiger partial charge in [0.05, 0.1) is 0 Å². The highest BCUT2D eigenvalue weighted by Crippen LogP contribution is 2.33. The van der Waals surface area contributed by atoms with Gasteiger partial charge in [-0.3, -0.25) is 0 Å². The van der Waals surface area contributed by atoms with Crippen LogP contribution in [0.4, 0.5) is 0 Å². The first kappa shape index (κ1) is 13.9. The van der Waals surface area contributed by atoms with Crippen molar-refractivity contribution < 1.29 is 0 Å². The van der Waals surface area contributed by atoms with E-state index in [1.165, 1.54) is 38.9 Å². The van der Waals surface area contributed by atoms with Crippen molar-refractivity contribution in [3.63, 3.8) is 0 Å². The van der Waals surface area contributed by atoms with E-state index in [1.54, 1.807) is 0 Å². The van der Waals surface area contributed by atoms with Crippen molar-refractivity contribution in [1.29, 1.82) is 0 Å². The van der Waals surface area contributed by atoms with Crippen LogP contribution < -0.4 is 5.32 Å². The fraction of sp³-hybridized carbons (Fsp3) is 1.00. The highest BCUT2D eigenvalue weighted by molar-refractivity contribution is 4.85. The molecule has 1 rings (SSSR count). The molecule has 14 heavy (non-hydrogen) atoms. The molecule has 2 nitrogen and oxygen atoms in total. The second kappa shape index (κ2) is 7.24.